The van der Waals surface area contributed by atoms with Crippen molar-refractivity contribution in [1.29, 1.82) is 0 Å². The second-order valence-corrected chi connectivity index (χ2v) is 7.20. The number of carboxylic acid groups (broad SMARTS) is 1. The van der Waals surface area contributed by atoms with Crippen molar-refractivity contribution in [3.63, 3.8) is 0 Å². The van der Waals surface area contributed by atoms with Gasteiger partial charge >= 0.3 is 5.97 Å². The van der Waals surface area contributed by atoms with Gasteiger partial charge in [-0.1, -0.05) is 37.3 Å². The van der Waals surface area contributed by atoms with Crippen LogP contribution in [0.5, 0.6) is 0 Å². The second-order valence-electron chi connectivity index (χ2n) is 7.20. The maximum Gasteiger partial charge on any atom is 0.306 e. The van der Waals surface area contributed by atoms with Gasteiger partial charge in [-0.15, -0.1) is 0 Å². The molecule has 1 saturated carbocycles. The highest BCUT2D eigenvalue weighted by molar-refractivity contribution is 5.77. The summed E-state index contributed by atoms with van der Waals surface area (Å²) in [5.74, 6) is 0.311. The van der Waals surface area contributed by atoms with Gasteiger partial charge < -0.3 is 10.0 Å². The number of carbonyl (C=O) groups excluding carboxylic acids is 1. The van der Waals surface area contributed by atoms with Crippen molar-refractivity contribution in [2.24, 2.45) is 17.8 Å². The quantitative estimate of drug-likeness (QED) is 0.928. The molecule has 124 valence electrons. The first-order valence-electron chi connectivity index (χ1n) is 8.60. The molecule has 1 aliphatic heterocycles. The molecule has 3 rings (SSSR count). The number of aliphatic carboxylic acids is 1. The number of nitrogens with zero attached hydrogens (tertiary/aromatic N) is 1. The van der Waals surface area contributed by atoms with Crippen LogP contribution in [0.25, 0.3) is 0 Å². The summed E-state index contributed by atoms with van der Waals surface area (Å²) in [4.78, 5) is 25.5. The van der Waals surface area contributed by atoms with E-state index >= 15 is 0 Å². The molecule has 2 unspecified atom stereocenters. The summed E-state index contributed by atoms with van der Waals surface area (Å²) in [6.45, 7) is 3.12. The third-order valence-electron chi connectivity index (χ3n) is 5.55. The number of amides is 1. The number of carbonyl (C=O) groups is 2. The maximum atomic E-state index is 12.4. The van der Waals surface area contributed by atoms with Crippen molar-refractivity contribution in [1.82, 2.24) is 4.90 Å². The van der Waals surface area contributed by atoms with Gasteiger partial charge in [0.1, 0.15) is 0 Å². The van der Waals surface area contributed by atoms with Gasteiger partial charge in [-0.05, 0) is 42.6 Å². The SMILES string of the molecule is CC1CN(C(=O)CC2CC(c3ccccc3)C2)CCC1C(=O)O. The number of piperidine rings is 1. The van der Waals surface area contributed by atoms with Gasteiger partial charge in [0.25, 0.3) is 0 Å². The minimum Gasteiger partial charge on any atom is -0.481 e. The van der Waals surface area contributed by atoms with Crippen LogP contribution >= 0.6 is 0 Å². The van der Waals surface area contributed by atoms with Gasteiger partial charge in [-0.25, -0.2) is 0 Å². The number of hydrogen-bond donors (Lipinski definition) is 1. The van der Waals surface area contributed by atoms with Gasteiger partial charge in [0.15, 0.2) is 0 Å². The summed E-state index contributed by atoms with van der Waals surface area (Å²) in [6, 6.07) is 10.5. The van der Waals surface area contributed by atoms with Crippen molar-refractivity contribution >= 4 is 11.9 Å². The summed E-state index contributed by atoms with van der Waals surface area (Å²) >= 11 is 0. The van der Waals surface area contributed by atoms with Crippen LogP contribution < -0.4 is 0 Å². The predicted octanol–water partition coefficient (Wildman–Crippen LogP) is 3.14. The normalized spacial score (nSPS) is 30.6. The summed E-state index contributed by atoms with van der Waals surface area (Å²) in [5.41, 5.74) is 1.38. The molecule has 1 heterocycles. The van der Waals surface area contributed by atoms with E-state index in [0.717, 1.165) is 12.8 Å². The van der Waals surface area contributed by atoms with Crippen LogP contribution in [-0.2, 0) is 9.59 Å². The van der Waals surface area contributed by atoms with E-state index in [2.05, 4.69) is 24.3 Å². The summed E-state index contributed by atoms with van der Waals surface area (Å²) in [5, 5.41) is 9.16. The van der Waals surface area contributed by atoms with Crippen molar-refractivity contribution < 1.29 is 14.7 Å². The Balaban J connectivity index is 1.45. The first-order valence-corrected chi connectivity index (χ1v) is 8.60. The minimum absolute atomic E-state index is 0.0451. The molecule has 4 nitrogen and oxygen atoms in total. The van der Waals surface area contributed by atoms with Crippen molar-refractivity contribution in [2.75, 3.05) is 13.1 Å². The topological polar surface area (TPSA) is 57.6 Å². The fourth-order valence-corrected chi connectivity index (χ4v) is 4.01. The third kappa shape index (κ3) is 3.57. The van der Waals surface area contributed by atoms with Gasteiger partial charge in [0.2, 0.25) is 5.91 Å². The molecule has 1 aromatic carbocycles. The van der Waals surface area contributed by atoms with E-state index in [1.165, 1.54) is 5.56 Å². The molecule has 1 amide bonds. The monoisotopic (exact) mass is 315 g/mol. The average Bonchev–Trinajstić information content (AvgIpc) is 2.50. The maximum absolute atomic E-state index is 12.4. The molecule has 23 heavy (non-hydrogen) atoms. The number of rotatable bonds is 4. The lowest BCUT2D eigenvalue weighted by atomic mass is 9.70. The molecule has 0 bridgehead atoms. The molecule has 4 heteroatoms. The van der Waals surface area contributed by atoms with E-state index in [-0.39, 0.29) is 17.7 Å². The molecular weight excluding hydrogens is 290 g/mol. The molecule has 1 N–H and O–H groups in total. The molecule has 2 atom stereocenters. The molecule has 1 saturated heterocycles. The second kappa shape index (κ2) is 6.73. The smallest absolute Gasteiger partial charge is 0.306 e. The standard InChI is InChI=1S/C19H25NO3/c1-13-12-20(8-7-17(13)19(22)23)18(21)11-14-9-16(10-14)15-5-3-2-4-6-15/h2-6,13-14,16-17H,7-12H2,1H3,(H,22,23). The molecular formula is C19H25NO3. The number of hydrogen-bond acceptors (Lipinski definition) is 2. The molecule has 1 aliphatic carbocycles. The lowest BCUT2D eigenvalue weighted by Crippen LogP contribution is -2.45. The highest BCUT2D eigenvalue weighted by Crippen LogP contribution is 2.43. The van der Waals surface area contributed by atoms with Crippen molar-refractivity contribution in [3.05, 3.63) is 35.9 Å². The Bertz CT molecular complexity index is 565. The molecule has 2 fully saturated rings. The zero-order valence-electron chi connectivity index (χ0n) is 13.6. The van der Waals surface area contributed by atoms with E-state index in [1.54, 1.807) is 0 Å². The minimum atomic E-state index is -0.728. The lowest BCUT2D eigenvalue weighted by molar-refractivity contribution is -0.148. The summed E-state index contributed by atoms with van der Waals surface area (Å²) in [7, 11) is 0. The van der Waals surface area contributed by atoms with Gasteiger partial charge in [-0.3, -0.25) is 9.59 Å². The largest absolute Gasteiger partial charge is 0.481 e. The van der Waals surface area contributed by atoms with Crippen LogP contribution in [-0.4, -0.2) is 35.0 Å². The molecule has 0 aromatic heterocycles. The first-order chi connectivity index (χ1) is 11.0. The van der Waals surface area contributed by atoms with Gasteiger partial charge in [0.05, 0.1) is 5.92 Å². The van der Waals surface area contributed by atoms with Gasteiger partial charge in [-0.2, -0.15) is 0 Å². The average molecular weight is 315 g/mol. The lowest BCUT2D eigenvalue weighted by Gasteiger charge is -2.39. The van der Waals surface area contributed by atoms with Crippen LogP contribution in [0, 0.1) is 17.8 Å². The van der Waals surface area contributed by atoms with Crippen LogP contribution in [0.3, 0.4) is 0 Å². The van der Waals surface area contributed by atoms with Crippen molar-refractivity contribution in [3.8, 4) is 0 Å². The van der Waals surface area contributed by atoms with E-state index in [4.69, 9.17) is 5.11 Å². The molecule has 0 spiro atoms. The Morgan fingerprint density at radius 3 is 2.52 bits per heavy atom. The van der Waals surface area contributed by atoms with Crippen LogP contribution in [0.15, 0.2) is 30.3 Å². The Labute approximate surface area is 137 Å². The zero-order valence-corrected chi connectivity index (χ0v) is 13.6. The first kappa shape index (κ1) is 16.0. The Morgan fingerprint density at radius 2 is 1.91 bits per heavy atom. The van der Waals surface area contributed by atoms with E-state index in [0.29, 0.717) is 37.8 Å². The Kier molecular flexibility index (Phi) is 4.69. The zero-order chi connectivity index (χ0) is 16.4. The molecule has 0 radical (unpaired) electrons. The fraction of sp³-hybridized carbons (Fsp3) is 0.579. The highest BCUT2D eigenvalue weighted by atomic mass is 16.4. The van der Waals surface area contributed by atoms with Crippen LogP contribution in [0.2, 0.25) is 0 Å². The van der Waals surface area contributed by atoms with Crippen LogP contribution in [0.1, 0.15) is 44.1 Å². The highest BCUT2D eigenvalue weighted by Gasteiger charge is 2.36. The molecule has 1 aromatic rings. The third-order valence-corrected chi connectivity index (χ3v) is 5.55. The van der Waals surface area contributed by atoms with Crippen LogP contribution in [0.4, 0.5) is 0 Å². The number of carboxylic acids is 1. The number of likely N-dealkylation sites (tertiary alicyclic amines) is 1. The number of benzene rings is 1. The van der Waals surface area contributed by atoms with E-state index in [1.807, 2.05) is 17.9 Å². The summed E-state index contributed by atoms with van der Waals surface area (Å²) < 4.78 is 0. The summed E-state index contributed by atoms with van der Waals surface area (Å²) in [6.07, 6.45) is 3.39. The van der Waals surface area contributed by atoms with E-state index in [9.17, 15) is 9.59 Å². The van der Waals surface area contributed by atoms with Crippen molar-refractivity contribution in [2.45, 2.75) is 38.5 Å². The van der Waals surface area contributed by atoms with E-state index < -0.39 is 5.97 Å². The Morgan fingerprint density at radius 1 is 1.22 bits per heavy atom. The fourth-order valence-electron chi connectivity index (χ4n) is 4.01. The van der Waals surface area contributed by atoms with Gasteiger partial charge in [0, 0.05) is 19.5 Å². The predicted molar refractivity (Wildman–Crippen MR) is 88.0 cm³/mol. The Hall–Kier alpha value is -1.84. The molecule has 2 aliphatic rings.